The number of hydrogen-bond donors (Lipinski definition) is 0. The topological polar surface area (TPSA) is 0 Å². The molecule has 0 nitrogen and oxygen atoms in total. The SMILES string of the molecule is CCCCC[C@@]1(C)CCC=C1I. The molecule has 0 bridgehead atoms. The monoisotopic (exact) mass is 278 g/mol. The largest absolute Gasteiger partial charge is 0.0746 e. The fourth-order valence-electron chi connectivity index (χ4n) is 1.89. The van der Waals surface area contributed by atoms with Crippen molar-refractivity contribution in [3.63, 3.8) is 0 Å². The van der Waals surface area contributed by atoms with Gasteiger partial charge in [0, 0.05) is 0 Å². The van der Waals surface area contributed by atoms with Crippen molar-refractivity contribution in [3.05, 3.63) is 9.66 Å². The molecule has 1 rings (SSSR count). The van der Waals surface area contributed by atoms with E-state index in [4.69, 9.17) is 0 Å². The molecule has 0 aromatic carbocycles. The van der Waals surface area contributed by atoms with Crippen molar-refractivity contribution in [2.75, 3.05) is 0 Å². The Kier molecular flexibility index (Phi) is 4.08. The molecule has 1 atom stereocenters. The fraction of sp³-hybridized carbons (Fsp3) is 0.818. The summed E-state index contributed by atoms with van der Waals surface area (Å²) in [5.74, 6) is 0. The zero-order valence-corrected chi connectivity index (χ0v) is 10.4. The normalized spacial score (nSPS) is 29.1. The van der Waals surface area contributed by atoms with Crippen LogP contribution in [0.4, 0.5) is 0 Å². The van der Waals surface area contributed by atoms with Crippen LogP contribution in [0, 0.1) is 5.41 Å². The van der Waals surface area contributed by atoms with Gasteiger partial charge in [-0.25, -0.2) is 0 Å². The van der Waals surface area contributed by atoms with E-state index in [1.54, 1.807) is 3.58 Å². The van der Waals surface area contributed by atoms with Gasteiger partial charge in [0.25, 0.3) is 0 Å². The third-order valence-corrected chi connectivity index (χ3v) is 4.67. The minimum absolute atomic E-state index is 0.551. The van der Waals surface area contributed by atoms with Gasteiger partial charge in [-0.3, -0.25) is 0 Å². The molecule has 0 unspecified atom stereocenters. The van der Waals surface area contributed by atoms with E-state index < -0.39 is 0 Å². The van der Waals surface area contributed by atoms with E-state index in [1.165, 1.54) is 38.5 Å². The van der Waals surface area contributed by atoms with E-state index in [0.29, 0.717) is 5.41 Å². The quantitative estimate of drug-likeness (QED) is 0.517. The van der Waals surface area contributed by atoms with E-state index in [9.17, 15) is 0 Å². The lowest BCUT2D eigenvalue weighted by molar-refractivity contribution is 0.364. The molecule has 0 saturated heterocycles. The Hall–Kier alpha value is 0.470. The first kappa shape index (κ1) is 10.6. The maximum atomic E-state index is 2.52. The molecule has 1 heteroatoms. The van der Waals surface area contributed by atoms with Gasteiger partial charge in [0.2, 0.25) is 0 Å². The predicted octanol–water partition coefficient (Wildman–Crippen LogP) is 4.69. The van der Waals surface area contributed by atoms with Gasteiger partial charge in [0.15, 0.2) is 0 Å². The van der Waals surface area contributed by atoms with Crippen molar-refractivity contribution < 1.29 is 0 Å². The van der Waals surface area contributed by atoms with Gasteiger partial charge in [-0.05, 0) is 50.8 Å². The summed E-state index contributed by atoms with van der Waals surface area (Å²) in [5.41, 5.74) is 0.551. The van der Waals surface area contributed by atoms with Crippen molar-refractivity contribution in [3.8, 4) is 0 Å². The second kappa shape index (κ2) is 4.64. The summed E-state index contributed by atoms with van der Waals surface area (Å²) in [6.07, 6.45) is 10.7. The molecule has 0 amide bonds. The average molecular weight is 278 g/mol. The molecular formula is C11H19I. The molecule has 0 spiro atoms. The standard InChI is InChI=1S/C11H19I/c1-3-4-5-8-11(2)9-6-7-10(11)12/h7H,3-6,8-9H2,1-2H3/t11-/m0/s1. The van der Waals surface area contributed by atoms with Crippen LogP contribution in [0.1, 0.15) is 52.4 Å². The molecule has 0 aromatic heterocycles. The first-order valence-electron chi connectivity index (χ1n) is 5.05. The van der Waals surface area contributed by atoms with E-state index in [0.717, 1.165) is 0 Å². The highest BCUT2D eigenvalue weighted by Crippen LogP contribution is 2.45. The number of allylic oxidation sites excluding steroid dienone is 2. The predicted molar refractivity (Wildman–Crippen MR) is 63.6 cm³/mol. The Morgan fingerprint density at radius 3 is 2.75 bits per heavy atom. The number of unbranched alkanes of at least 4 members (excludes halogenated alkanes) is 2. The highest BCUT2D eigenvalue weighted by Gasteiger charge is 2.29. The molecule has 0 radical (unpaired) electrons. The fourth-order valence-corrected chi connectivity index (χ4v) is 2.74. The Bertz CT molecular complexity index is 172. The van der Waals surface area contributed by atoms with Crippen LogP contribution in [0.5, 0.6) is 0 Å². The lowest BCUT2D eigenvalue weighted by Crippen LogP contribution is -2.12. The van der Waals surface area contributed by atoms with Crippen LogP contribution in [-0.2, 0) is 0 Å². The average Bonchev–Trinajstić information content (AvgIpc) is 2.34. The van der Waals surface area contributed by atoms with Gasteiger partial charge in [-0.1, -0.05) is 39.2 Å². The molecule has 0 aliphatic heterocycles. The van der Waals surface area contributed by atoms with Gasteiger partial charge >= 0.3 is 0 Å². The maximum absolute atomic E-state index is 2.52. The molecular weight excluding hydrogens is 259 g/mol. The molecule has 0 fully saturated rings. The Labute approximate surface area is 90.0 Å². The van der Waals surface area contributed by atoms with Gasteiger partial charge in [0.1, 0.15) is 0 Å². The molecule has 1 aliphatic carbocycles. The summed E-state index contributed by atoms with van der Waals surface area (Å²) in [6.45, 7) is 4.70. The van der Waals surface area contributed by atoms with E-state index in [2.05, 4.69) is 42.5 Å². The van der Waals surface area contributed by atoms with Crippen LogP contribution in [0.2, 0.25) is 0 Å². The number of rotatable bonds is 4. The van der Waals surface area contributed by atoms with Crippen molar-refractivity contribution >= 4 is 22.6 Å². The summed E-state index contributed by atoms with van der Waals surface area (Å²) in [5, 5.41) is 0. The van der Waals surface area contributed by atoms with Gasteiger partial charge in [-0.15, -0.1) is 0 Å². The second-order valence-corrected chi connectivity index (χ2v) is 5.27. The van der Waals surface area contributed by atoms with Gasteiger partial charge in [0.05, 0.1) is 0 Å². The zero-order valence-electron chi connectivity index (χ0n) is 8.20. The smallest absolute Gasteiger partial charge is 0.00175 e. The van der Waals surface area contributed by atoms with Gasteiger partial charge < -0.3 is 0 Å². The molecule has 0 aromatic rings. The highest BCUT2D eigenvalue weighted by molar-refractivity contribution is 14.1. The van der Waals surface area contributed by atoms with E-state index in [1.807, 2.05) is 0 Å². The van der Waals surface area contributed by atoms with Crippen molar-refractivity contribution in [2.24, 2.45) is 5.41 Å². The second-order valence-electron chi connectivity index (χ2n) is 4.11. The third kappa shape index (κ3) is 2.48. The highest BCUT2D eigenvalue weighted by atomic mass is 127. The minimum atomic E-state index is 0.551. The van der Waals surface area contributed by atoms with Crippen LogP contribution < -0.4 is 0 Å². The van der Waals surface area contributed by atoms with Crippen LogP contribution in [0.3, 0.4) is 0 Å². The van der Waals surface area contributed by atoms with E-state index in [-0.39, 0.29) is 0 Å². The summed E-state index contributed by atoms with van der Waals surface area (Å²) in [7, 11) is 0. The summed E-state index contributed by atoms with van der Waals surface area (Å²) < 4.78 is 1.61. The Morgan fingerprint density at radius 1 is 1.50 bits per heavy atom. The summed E-state index contributed by atoms with van der Waals surface area (Å²) in [6, 6.07) is 0. The van der Waals surface area contributed by atoms with Crippen molar-refractivity contribution in [2.45, 2.75) is 52.4 Å². The summed E-state index contributed by atoms with van der Waals surface area (Å²) in [4.78, 5) is 0. The van der Waals surface area contributed by atoms with Crippen LogP contribution >= 0.6 is 22.6 Å². The van der Waals surface area contributed by atoms with E-state index >= 15 is 0 Å². The lowest BCUT2D eigenvalue weighted by Gasteiger charge is -2.24. The lowest BCUT2D eigenvalue weighted by atomic mass is 9.84. The van der Waals surface area contributed by atoms with Crippen molar-refractivity contribution in [1.29, 1.82) is 0 Å². The van der Waals surface area contributed by atoms with Crippen molar-refractivity contribution in [1.82, 2.24) is 0 Å². The summed E-state index contributed by atoms with van der Waals surface area (Å²) >= 11 is 2.52. The zero-order chi connectivity index (χ0) is 9.03. The first-order valence-corrected chi connectivity index (χ1v) is 6.13. The Morgan fingerprint density at radius 2 is 2.25 bits per heavy atom. The van der Waals surface area contributed by atoms with Crippen LogP contribution in [-0.4, -0.2) is 0 Å². The number of hydrogen-bond acceptors (Lipinski definition) is 0. The molecule has 0 N–H and O–H groups in total. The van der Waals surface area contributed by atoms with Crippen LogP contribution in [0.15, 0.2) is 9.66 Å². The number of halogens is 1. The first-order chi connectivity index (χ1) is 5.69. The van der Waals surface area contributed by atoms with Gasteiger partial charge in [-0.2, -0.15) is 0 Å². The molecule has 0 heterocycles. The molecule has 70 valence electrons. The minimum Gasteiger partial charge on any atom is -0.0746 e. The molecule has 12 heavy (non-hydrogen) atoms. The maximum Gasteiger partial charge on any atom is -0.00175 e. The third-order valence-electron chi connectivity index (χ3n) is 2.93. The molecule has 0 saturated carbocycles. The molecule has 1 aliphatic rings. The van der Waals surface area contributed by atoms with Crippen LogP contribution in [0.25, 0.3) is 0 Å². The Balaban J connectivity index is 2.34.